The van der Waals surface area contributed by atoms with Gasteiger partial charge in [-0.2, -0.15) is 0 Å². The average molecular weight is 248 g/mol. The molecule has 0 amide bonds. The number of benzene rings is 1. The number of ether oxygens (including phenoxy) is 1. The molecule has 0 fully saturated rings. The van der Waals surface area contributed by atoms with E-state index in [-0.39, 0.29) is 0 Å². The van der Waals surface area contributed by atoms with E-state index in [9.17, 15) is 0 Å². The molecule has 0 aliphatic heterocycles. The van der Waals surface area contributed by atoms with Crippen LogP contribution in [0.25, 0.3) is 0 Å². The molecule has 3 nitrogen and oxygen atoms in total. The Labute approximate surface area is 105 Å². The quantitative estimate of drug-likeness (QED) is 0.907. The van der Waals surface area contributed by atoms with Crippen molar-refractivity contribution in [2.24, 2.45) is 0 Å². The van der Waals surface area contributed by atoms with Crippen LogP contribution in [-0.2, 0) is 6.61 Å². The smallest absolute Gasteiger partial charge is 0.180 e. The van der Waals surface area contributed by atoms with Crippen LogP contribution in [-0.4, -0.2) is 4.98 Å². The van der Waals surface area contributed by atoms with Crippen LogP contribution in [0.5, 0.6) is 5.75 Å². The number of hydrogen-bond donors (Lipinski definition) is 1. The second-order valence-electron chi connectivity index (χ2n) is 4.19. The zero-order valence-corrected chi connectivity index (χ0v) is 11.1. The maximum atomic E-state index is 5.81. The van der Waals surface area contributed by atoms with E-state index < -0.39 is 0 Å². The standard InChI is InChI=1S/C13H16N2OS/c1-8-4-9(2)12(10(3)5-8)16-6-11-7-17-13(14)15-11/h4-5,7H,6H2,1-3H3,(H2,14,15). The molecule has 0 spiro atoms. The fourth-order valence-corrected chi connectivity index (χ4v) is 2.48. The first-order chi connectivity index (χ1) is 8.06. The summed E-state index contributed by atoms with van der Waals surface area (Å²) in [7, 11) is 0. The molecular formula is C13H16N2OS. The lowest BCUT2D eigenvalue weighted by molar-refractivity contribution is 0.298. The minimum Gasteiger partial charge on any atom is -0.487 e. The van der Waals surface area contributed by atoms with Crippen molar-refractivity contribution in [1.82, 2.24) is 4.98 Å². The van der Waals surface area contributed by atoms with Crippen molar-refractivity contribution in [1.29, 1.82) is 0 Å². The molecule has 1 aromatic carbocycles. The molecule has 0 aliphatic carbocycles. The molecule has 2 rings (SSSR count). The molecule has 90 valence electrons. The summed E-state index contributed by atoms with van der Waals surface area (Å²) in [6.07, 6.45) is 0. The SMILES string of the molecule is Cc1cc(C)c(OCc2csc(N)n2)c(C)c1. The van der Waals surface area contributed by atoms with Crippen molar-refractivity contribution < 1.29 is 4.74 Å². The minimum absolute atomic E-state index is 0.471. The molecule has 1 heterocycles. The van der Waals surface area contributed by atoms with Crippen LogP contribution in [0.4, 0.5) is 5.13 Å². The van der Waals surface area contributed by atoms with Gasteiger partial charge in [0.1, 0.15) is 12.4 Å². The van der Waals surface area contributed by atoms with E-state index in [4.69, 9.17) is 10.5 Å². The Morgan fingerprint density at radius 2 is 1.88 bits per heavy atom. The molecular weight excluding hydrogens is 232 g/mol. The van der Waals surface area contributed by atoms with E-state index in [1.165, 1.54) is 16.9 Å². The number of nitrogens with zero attached hydrogens (tertiary/aromatic N) is 1. The van der Waals surface area contributed by atoms with Crippen molar-refractivity contribution in [3.05, 3.63) is 39.9 Å². The topological polar surface area (TPSA) is 48.1 Å². The molecule has 0 atom stereocenters. The number of thiazole rings is 1. The monoisotopic (exact) mass is 248 g/mol. The van der Waals surface area contributed by atoms with Crippen LogP contribution in [0, 0.1) is 20.8 Å². The molecule has 2 aromatic rings. The summed E-state index contributed by atoms with van der Waals surface area (Å²) in [5.74, 6) is 0.946. The van der Waals surface area contributed by atoms with Gasteiger partial charge in [-0.1, -0.05) is 17.7 Å². The first-order valence-electron chi connectivity index (χ1n) is 5.47. The summed E-state index contributed by atoms with van der Waals surface area (Å²) >= 11 is 1.44. The van der Waals surface area contributed by atoms with Crippen molar-refractivity contribution in [3.8, 4) is 5.75 Å². The molecule has 0 saturated heterocycles. The first-order valence-corrected chi connectivity index (χ1v) is 6.35. The third-order valence-electron chi connectivity index (χ3n) is 2.54. The summed E-state index contributed by atoms with van der Waals surface area (Å²) in [6, 6.07) is 4.25. The zero-order chi connectivity index (χ0) is 12.4. The van der Waals surface area contributed by atoms with Gasteiger partial charge in [0.25, 0.3) is 0 Å². The number of hydrogen-bond acceptors (Lipinski definition) is 4. The highest BCUT2D eigenvalue weighted by Gasteiger charge is 2.06. The van der Waals surface area contributed by atoms with Gasteiger partial charge in [0.2, 0.25) is 0 Å². The third kappa shape index (κ3) is 2.77. The summed E-state index contributed by atoms with van der Waals surface area (Å²) in [4.78, 5) is 4.17. The molecule has 4 heteroatoms. The molecule has 0 aliphatic rings. The van der Waals surface area contributed by atoms with Crippen LogP contribution < -0.4 is 10.5 Å². The van der Waals surface area contributed by atoms with Gasteiger partial charge in [-0.3, -0.25) is 0 Å². The van der Waals surface area contributed by atoms with Crippen molar-refractivity contribution in [2.45, 2.75) is 27.4 Å². The Balaban J connectivity index is 2.14. The Morgan fingerprint density at radius 3 is 2.41 bits per heavy atom. The summed E-state index contributed by atoms with van der Waals surface area (Å²) < 4.78 is 5.81. The van der Waals surface area contributed by atoms with Crippen molar-refractivity contribution in [3.63, 3.8) is 0 Å². The van der Waals surface area contributed by atoms with Gasteiger partial charge in [0.15, 0.2) is 5.13 Å². The van der Waals surface area contributed by atoms with E-state index in [2.05, 4.69) is 37.9 Å². The lowest BCUT2D eigenvalue weighted by Gasteiger charge is -2.12. The predicted octanol–water partition coefficient (Wildman–Crippen LogP) is 3.23. The van der Waals surface area contributed by atoms with Gasteiger partial charge < -0.3 is 10.5 Å². The number of rotatable bonds is 3. The highest BCUT2D eigenvalue weighted by Crippen LogP contribution is 2.25. The van der Waals surface area contributed by atoms with Gasteiger partial charge in [-0.05, 0) is 31.9 Å². The molecule has 0 unspecified atom stereocenters. The van der Waals surface area contributed by atoms with Crippen molar-refractivity contribution >= 4 is 16.5 Å². The van der Waals surface area contributed by atoms with Gasteiger partial charge >= 0.3 is 0 Å². The van der Waals surface area contributed by atoms with E-state index in [0.717, 1.165) is 22.6 Å². The van der Waals surface area contributed by atoms with Crippen LogP contribution >= 0.6 is 11.3 Å². The first kappa shape index (κ1) is 11.9. The van der Waals surface area contributed by atoms with E-state index in [1.54, 1.807) is 0 Å². The van der Waals surface area contributed by atoms with Crippen LogP contribution in [0.15, 0.2) is 17.5 Å². The molecule has 0 radical (unpaired) electrons. The number of anilines is 1. The highest BCUT2D eigenvalue weighted by atomic mass is 32.1. The average Bonchev–Trinajstić information content (AvgIpc) is 2.62. The molecule has 0 bridgehead atoms. The van der Waals surface area contributed by atoms with Crippen LogP contribution in [0.2, 0.25) is 0 Å². The largest absolute Gasteiger partial charge is 0.487 e. The third-order valence-corrected chi connectivity index (χ3v) is 3.26. The number of aryl methyl sites for hydroxylation is 3. The van der Waals surface area contributed by atoms with Gasteiger partial charge in [0, 0.05) is 5.38 Å². The Bertz CT molecular complexity index is 511. The summed E-state index contributed by atoms with van der Waals surface area (Å²) in [5, 5.41) is 2.51. The zero-order valence-electron chi connectivity index (χ0n) is 10.3. The Morgan fingerprint density at radius 1 is 1.24 bits per heavy atom. The highest BCUT2D eigenvalue weighted by molar-refractivity contribution is 7.13. The second-order valence-corrected chi connectivity index (χ2v) is 5.08. The Hall–Kier alpha value is -1.55. The number of nitrogen functional groups attached to an aromatic ring is 1. The summed E-state index contributed by atoms with van der Waals surface area (Å²) in [5.41, 5.74) is 10.0. The maximum absolute atomic E-state index is 5.81. The second kappa shape index (κ2) is 4.75. The van der Waals surface area contributed by atoms with Gasteiger partial charge in [-0.25, -0.2) is 4.98 Å². The van der Waals surface area contributed by atoms with Crippen molar-refractivity contribution in [2.75, 3.05) is 5.73 Å². The fraction of sp³-hybridized carbons (Fsp3) is 0.308. The molecule has 17 heavy (non-hydrogen) atoms. The predicted molar refractivity (Wildman–Crippen MR) is 71.5 cm³/mol. The molecule has 2 N–H and O–H groups in total. The molecule has 1 aromatic heterocycles. The maximum Gasteiger partial charge on any atom is 0.180 e. The Kier molecular flexibility index (Phi) is 3.33. The lowest BCUT2D eigenvalue weighted by atomic mass is 10.1. The molecule has 0 saturated carbocycles. The number of aromatic nitrogens is 1. The number of nitrogens with two attached hydrogens (primary N) is 1. The van der Waals surface area contributed by atoms with Gasteiger partial charge in [-0.15, -0.1) is 11.3 Å². The van der Waals surface area contributed by atoms with E-state index >= 15 is 0 Å². The summed E-state index contributed by atoms with van der Waals surface area (Å²) in [6.45, 7) is 6.68. The fourth-order valence-electron chi connectivity index (χ4n) is 1.93. The normalized spacial score (nSPS) is 10.5. The van der Waals surface area contributed by atoms with Gasteiger partial charge in [0.05, 0.1) is 5.69 Å². The lowest BCUT2D eigenvalue weighted by Crippen LogP contribution is -2.00. The van der Waals surface area contributed by atoms with E-state index in [0.29, 0.717) is 11.7 Å². The van der Waals surface area contributed by atoms with Crippen LogP contribution in [0.1, 0.15) is 22.4 Å². The van der Waals surface area contributed by atoms with E-state index in [1.807, 2.05) is 5.38 Å². The van der Waals surface area contributed by atoms with Crippen LogP contribution in [0.3, 0.4) is 0 Å². The minimum atomic E-state index is 0.471.